The number of hydrogen-bond donors (Lipinski definition) is 2. The van der Waals surface area contributed by atoms with E-state index < -0.39 is 0 Å². The molecule has 4 nitrogen and oxygen atoms in total. The van der Waals surface area contributed by atoms with Gasteiger partial charge in [-0.15, -0.1) is 0 Å². The van der Waals surface area contributed by atoms with E-state index in [4.69, 9.17) is 4.74 Å². The van der Waals surface area contributed by atoms with E-state index >= 15 is 0 Å². The highest BCUT2D eigenvalue weighted by Crippen LogP contribution is 2.33. The highest BCUT2D eigenvalue weighted by molar-refractivity contribution is 6.04. The van der Waals surface area contributed by atoms with Gasteiger partial charge in [0.15, 0.2) is 0 Å². The Kier molecular flexibility index (Phi) is 3.75. The van der Waals surface area contributed by atoms with Gasteiger partial charge in [0.1, 0.15) is 11.5 Å². The summed E-state index contributed by atoms with van der Waals surface area (Å²) in [5.74, 6) is 1.16. The summed E-state index contributed by atoms with van der Waals surface area (Å²) >= 11 is 0. The SMILES string of the molecule is COc1ccccc1[C@H]1CC(c2cc(C)cc(C)c2O)=NN1. The molecule has 1 heterocycles. The monoisotopic (exact) mass is 296 g/mol. The van der Waals surface area contributed by atoms with Crippen LogP contribution < -0.4 is 10.2 Å². The molecule has 0 unspecified atom stereocenters. The lowest BCUT2D eigenvalue weighted by Gasteiger charge is -2.14. The van der Waals surface area contributed by atoms with Crippen LogP contribution in [0.1, 0.15) is 34.7 Å². The van der Waals surface area contributed by atoms with Gasteiger partial charge in [0, 0.05) is 17.5 Å². The van der Waals surface area contributed by atoms with Crippen molar-refractivity contribution >= 4 is 5.71 Å². The molecule has 4 heteroatoms. The number of benzene rings is 2. The molecule has 114 valence electrons. The number of nitrogens with one attached hydrogen (secondary N) is 1. The summed E-state index contributed by atoms with van der Waals surface area (Å²) in [5.41, 5.74) is 7.91. The first-order valence-corrected chi connectivity index (χ1v) is 7.35. The molecule has 1 aliphatic heterocycles. The number of para-hydroxylation sites is 1. The fourth-order valence-corrected chi connectivity index (χ4v) is 2.92. The number of phenolic OH excluding ortho intramolecular Hbond substituents is 1. The van der Waals surface area contributed by atoms with Gasteiger partial charge < -0.3 is 15.3 Å². The minimum atomic E-state index is 0.0615. The molecule has 0 radical (unpaired) electrons. The van der Waals surface area contributed by atoms with Gasteiger partial charge in [0.25, 0.3) is 0 Å². The molecule has 0 aliphatic carbocycles. The Bertz CT molecular complexity index is 738. The van der Waals surface area contributed by atoms with Crippen LogP contribution in [0.3, 0.4) is 0 Å². The van der Waals surface area contributed by atoms with Crippen molar-refractivity contribution < 1.29 is 9.84 Å². The highest BCUT2D eigenvalue weighted by atomic mass is 16.5. The van der Waals surface area contributed by atoms with Gasteiger partial charge in [0.05, 0.1) is 18.9 Å². The zero-order valence-electron chi connectivity index (χ0n) is 13.1. The molecule has 0 aromatic heterocycles. The quantitative estimate of drug-likeness (QED) is 0.912. The molecule has 22 heavy (non-hydrogen) atoms. The van der Waals surface area contributed by atoms with E-state index in [1.54, 1.807) is 7.11 Å². The lowest BCUT2D eigenvalue weighted by atomic mass is 9.95. The van der Waals surface area contributed by atoms with Crippen molar-refractivity contribution in [1.29, 1.82) is 0 Å². The molecule has 1 atom stereocenters. The maximum Gasteiger partial charge on any atom is 0.127 e. The maximum atomic E-state index is 10.3. The predicted octanol–water partition coefficient (Wildman–Crippen LogP) is 3.46. The molecular formula is C18H20N2O2. The first-order chi connectivity index (χ1) is 10.6. The van der Waals surface area contributed by atoms with Crippen LogP contribution in [0.4, 0.5) is 0 Å². The number of aromatic hydroxyl groups is 1. The third-order valence-corrected chi connectivity index (χ3v) is 4.02. The smallest absolute Gasteiger partial charge is 0.127 e. The van der Waals surface area contributed by atoms with Gasteiger partial charge in [-0.1, -0.05) is 24.3 Å². The highest BCUT2D eigenvalue weighted by Gasteiger charge is 2.25. The summed E-state index contributed by atoms with van der Waals surface area (Å²) in [7, 11) is 1.67. The number of nitrogens with zero attached hydrogens (tertiary/aromatic N) is 1. The molecule has 2 aromatic carbocycles. The van der Waals surface area contributed by atoms with Crippen LogP contribution in [0.15, 0.2) is 41.5 Å². The number of aryl methyl sites for hydroxylation is 2. The van der Waals surface area contributed by atoms with E-state index in [1.807, 2.05) is 50.2 Å². The van der Waals surface area contributed by atoms with Crippen molar-refractivity contribution in [3.05, 3.63) is 58.7 Å². The Hall–Kier alpha value is -2.49. The maximum absolute atomic E-state index is 10.3. The van der Waals surface area contributed by atoms with Gasteiger partial charge in [-0.3, -0.25) is 0 Å². The number of methoxy groups -OCH3 is 1. The average molecular weight is 296 g/mol. The van der Waals surface area contributed by atoms with Crippen molar-refractivity contribution in [2.45, 2.75) is 26.3 Å². The summed E-state index contributed by atoms with van der Waals surface area (Å²) in [6.45, 7) is 3.93. The van der Waals surface area contributed by atoms with E-state index in [0.29, 0.717) is 5.75 Å². The van der Waals surface area contributed by atoms with Gasteiger partial charge in [-0.25, -0.2) is 0 Å². The summed E-state index contributed by atoms with van der Waals surface area (Å²) in [6.07, 6.45) is 0.719. The Balaban J connectivity index is 1.89. The van der Waals surface area contributed by atoms with Crippen molar-refractivity contribution in [3.8, 4) is 11.5 Å². The molecule has 0 saturated carbocycles. The summed E-state index contributed by atoms with van der Waals surface area (Å²) in [4.78, 5) is 0. The van der Waals surface area contributed by atoms with Crippen molar-refractivity contribution in [2.75, 3.05) is 7.11 Å². The van der Waals surface area contributed by atoms with E-state index in [-0.39, 0.29) is 6.04 Å². The van der Waals surface area contributed by atoms with E-state index in [2.05, 4.69) is 10.5 Å². The Labute approximate surface area is 130 Å². The topological polar surface area (TPSA) is 53.9 Å². The van der Waals surface area contributed by atoms with Crippen LogP contribution in [0.2, 0.25) is 0 Å². The zero-order chi connectivity index (χ0) is 15.7. The standard InChI is InChI=1S/C18H20N2O2/c1-11-8-12(2)18(21)14(9-11)16-10-15(19-20-16)13-6-4-5-7-17(13)22-3/h4-9,15,19,21H,10H2,1-3H3/t15-/m1/s1. The van der Waals surface area contributed by atoms with E-state index in [9.17, 15) is 5.11 Å². The average Bonchev–Trinajstić information content (AvgIpc) is 3.00. The Morgan fingerprint density at radius 1 is 1.23 bits per heavy atom. The molecule has 2 N–H and O–H groups in total. The summed E-state index contributed by atoms with van der Waals surface area (Å²) in [6, 6.07) is 11.9. The Morgan fingerprint density at radius 3 is 2.77 bits per heavy atom. The van der Waals surface area contributed by atoms with Crippen molar-refractivity contribution in [1.82, 2.24) is 5.43 Å². The van der Waals surface area contributed by atoms with Crippen LogP contribution in [0, 0.1) is 13.8 Å². The van der Waals surface area contributed by atoms with Crippen LogP contribution >= 0.6 is 0 Å². The zero-order valence-corrected chi connectivity index (χ0v) is 13.1. The molecular weight excluding hydrogens is 276 g/mol. The molecule has 0 fully saturated rings. The summed E-state index contributed by atoms with van der Waals surface area (Å²) < 4.78 is 5.42. The van der Waals surface area contributed by atoms with Crippen molar-refractivity contribution in [2.24, 2.45) is 5.10 Å². The first-order valence-electron chi connectivity index (χ1n) is 7.35. The van der Waals surface area contributed by atoms with Crippen LogP contribution in [0.25, 0.3) is 0 Å². The number of hydrazone groups is 1. The van der Waals surface area contributed by atoms with Gasteiger partial charge >= 0.3 is 0 Å². The second-order valence-corrected chi connectivity index (χ2v) is 5.66. The van der Waals surface area contributed by atoms with E-state index in [1.165, 1.54) is 0 Å². The molecule has 0 amide bonds. The lowest BCUT2D eigenvalue weighted by molar-refractivity contribution is 0.402. The van der Waals surface area contributed by atoms with Gasteiger partial charge in [0.2, 0.25) is 0 Å². The van der Waals surface area contributed by atoms with Crippen LogP contribution in [-0.4, -0.2) is 17.9 Å². The third-order valence-electron chi connectivity index (χ3n) is 4.02. The second-order valence-electron chi connectivity index (χ2n) is 5.66. The fraction of sp³-hybridized carbons (Fsp3) is 0.278. The third kappa shape index (κ3) is 2.52. The number of phenols is 1. The molecule has 3 rings (SSSR count). The minimum Gasteiger partial charge on any atom is -0.507 e. The number of ether oxygens (including phenoxy) is 1. The van der Waals surface area contributed by atoms with Crippen molar-refractivity contribution in [3.63, 3.8) is 0 Å². The molecule has 2 aromatic rings. The predicted molar refractivity (Wildman–Crippen MR) is 87.6 cm³/mol. The lowest BCUT2D eigenvalue weighted by Crippen LogP contribution is -2.11. The molecule has 0 saturated heterocycles. The Morgan fingerprint density at radius 2 is 2.00 bits per heavy atom. The van der Waals surface area contributed by atoms with Crippen LogP contribution in [0.5, 0.6) is 11.5 Å². The molecule has 0 bridgehead atoms. The first kappa shape index (κ1) is 14.4. The van der Waals surface area contributed by atoms with Gasteiger partial charge in [-0.05, 0) is 37.1 Å². The van der Waals surface area contributed by atoms with Gasteiger partial charge in [-0.2, -0.15) is 5.10 Å². The summed E-state index contributed by atoms with van der Waals surface area (Å²) in [5, 5.41) is 14.7. The number of hydrogen-bond acceptors (Lipinski definition) is 4. The second kappa shape index (κ2) is 5.72. The molecule has 1 aliphatic rings. The minimum absolute atomic E-state index is 0.0615. The number of rotatable bonds is 3. The fourth-order valence-electron chi connectivity index (χ4n) is 2.92. The normalized spacial score (nSPS) is 17.0. The van der Waals surface area contributed by atoms with Crippen LogP contribution in [-0.2, 0) is 0 Å². The van der Waals surface area contributed by atoms with E-state index in [0.717, 1.165) is 40.1 Å². The molecule has 0 spiro atoms. The largest absolute Gasteiger partial charge is 0.507 e.